The summed E-state index contributed by atoms with van der Waals surface area (Å²) in [5, 5.41) is 9.58. The molecule has 1 N–H and O–H groups in total. The van der Waals surface area contributed by atoms with Gasteiger partial charge in [0.05, 0.1) is 11.0 Å². The molecule has 1 aliphatic rings. The molecule has 1 saturated heterocycles. The van der Waals surface area contributed by atoms with Crippen LogP contribution in [-0.2, 0) is 4.79 Å². The van der Waals surface area contributed by atoms with E-state index in [0.717, 1.165) is 36.2 Å². The monoisotopic (exact) mass is 315 g/mol. The Morgan fingerprint density at radius 1 is 1.30 bits per heavy atom. The van der Waals surface area contributed by atoms with Crippen LogP contribution in [0, 0.1) is 0 Å². The zero-order valence-electron chi connectivity index (χ0n) is 14.1. The molecule has 5 nitrogen and oxygen atoms in total. The molecule has 1 aromatic heterocycles. The van der Waals surface area contributed by atoms with Gasteiger partial charge in [0.2, 0.25) is 0 Å². The third-order valence-corrected chi connectivity index (χ3v) is 4.60. The van der Waals surface area contributed by atoms with Crippen LogP contribution in [0.4, 0.5) is 0 Å². The zero-order chi connectivity index (χ0) is 16.6. The van der Waals surface area contributed by atoms with E-state index in [2.05, 4.69) is 24.5 Å². The van der Waals surface area contributed by atoms with Gasteiger partial charge in [0.1, 0.15) is 11.9 Å². The molecule has 5 heteroatoms. The molecule has 2 aromatic rings. The number of nitrogens with zero attached hydrogens (tertiary/aromatic N) is 3. The van der Waals surface area contributed by atoms with Crippen LogP contribution in [0.15, 0.2) is 24.3 Å². The molecule has 1 aromatic carbocycles. The maximum atomic E-state index is 12.1. The van der Waals surface area contributed by atoms with Crippen LogP contribution in [0.5, 0.6) is 0 Å². The van der Waals surface area contributed by atoms with E-state index < -0.39 is 6.10 Å². The topological polar surface area (TPSA) is 58.4 Å². The number of hydrogen-bond acceptors (Lipinski definition) is 3. The van der Waals surface area contributed by atoms with E-state index in [1.807, 2.05) is 18.2 Å². The van der Waals surface area contributed by atoms with E-state index >= 15 is 0 Å². The smallest absolute Gasteiger partial charge is 0.251 e. The fraction of sp³-hybridized carbons (Fsp3) is 0.556. The largest absolute Gasteiger partial charge is 0.384 e. The Morgan fingerprint density at radius 3 is 2.74 bits per heavy atom. The summed E-state index contributed by atoms with van der Waals surface area (Å²) in [5.41, 5.74) is 2.16. The standard InChI is InChI=1S/C18H25N3O2/c1-12(2)21-16-9-5-4-8-15(16)19-17(21)14-7-6-10-20(11-14)18(23)13(3)22/h4-5,8-9,12-14,22H,6-7,10-11H2,1-3H3. The Balaban J connectivity index is 1.96. The third-order valence-electron chi connectivity index (χ3n) is 4.60. The zero-order valence-corrected chi connectivity index (χ0v) is 14.1. The van der Waals surface area contributed by atoms with Crippen LogP contribution in [0.25, 0.3) is 11.0 Å². The number of para-hydroxylation sites is 2. The fourth-order valence-corrected chi connectivity index (χ4v) is 3.55. The van der Waals surface area contributed by atoms with E-state index in [1.54, 1.807) is 4.90 Å². The highest BCUT2D eigenvalue weighted by molar-refractivity contribution is 5.80. The number of rotatable bonds is 3. The molecular formula is C18H25N3O2. The van der Waals surface area contributed by atoms with Crippen molar-refractivity contribution in [1.82, 2.24) is 14.5 Å². The number of carbonyl (C=O) groups is 1. The molecule has 1 fully saturated rings. The number of imidazole rings is 1. The van der Waals surface area contributed by atoms with Gasteiger partial charge in [-0.3, -0.25) is 4.79 Å². The molecule has 0 spiro atoms. The molecule has 0 saturated carbocycles. The van der Waals surface area contributed by atoms with Gasteiger partial charge in [0, 0.05) is 25.0 Å². The summed E-state index contributed by atoms with van der Waals surface area (Å²) in [4.78, 5) is 18.8. The number of aliphatic hydroxyl groups is 1. The quantitative estimate of drug-likeness (QED) is 0.947. The Labute approximate surface area is 136 Å². The lowest BCUT2D eigenvalue weighted by Crippen LogP contribution is -2.44. The summed E-state index contributed by atoms with van der Waals surface area (Å²) in [7, 11) is 0. The summed E-state index contributed by atoms with van der Waals surface area (Å²) in [6, 6.07) is 8.51. The Hall–Kier alpha value is -1.88. The van der Waals surface area contributed by atoms with Gasteiger partial charge in [-0.25, -0.2) is 4.98 Å². The molecule has 3 rings (SSSR count). The van der Waals surface area contributed by atoms with Crippen LogP contribution in [0.2, 0.25) is 0 Å². The highest BCUT2D eigenvalue weighted by Crippen LogP contribution is 2.31. The van der Waals surface area contributed by atoms with Gasteiger partial charge in [0.25, 0.3) is 5.91 Å². The fourth-order valence-electron chi connectivity index (χ4n) is 3.55. The lowest BCUT2D eigenvalue weighted by molar-refractivity contribution is -0.140. The number of amides is 1. The Morgan fingerprint density at radius 2 is 2.04 bits per heavy atom. The molecule has 1 amide bonds. The highest BCUT2D eigenvalue weighted by Gasteiger charge is 2.30. The predicted molar refractivity (Wildman–Crippen MR) is 90.4 cm³/mol. The second kappa shape index (κ2) is 6.32. The van der Waals surface area contributed by atoms with Crippen molar-refractivity contribution < 1.29 is 9.90 Å². The first-order valence-corrected chi connectivity index (χ1v) is 8.42. The summed E-state index contributed by atoms with van der Waals surface area (Å²) in [5.74, 6) is 1.10. The van der Waals surface area contributed by atoms with Crippen molar-refractivity contribution in [3.63, 3.8) is 0 Å². The van der Waals surface area contributed by atoms with Gasteiger partial charge in [-0.05, 0) is 45.7 Å². The molecule has 2 unspecified atom stereocenters. The van der Waals surface area contributed by atoms with E-state index in [-0.39, 0.29) is 11.8 Å². The number of aromatic nitrogens is 2. The molecular weight excluding hydrogens is 290 g/mol. The van der Waals surface area contributed by atoms with Crippen molar-refractivity contribution in [2.24, 2.45) is 0 Å². The molecule has 0 bridgehead atoms. The van der Waals surface area contributed by atoms with Crippen LogP contribution in [-0.4, -0.2) is 44.7 Å². The minimum Gasteiger partial charge on any atom is -0.384 e. The summed E-state index contributed by atoms with van der Waals surface area (Å²) in [6.45, 7) is 7.23. The van der Waals surface area contributed by atoms with Gasteiger partial charge in [-0.15, -0.1) is 0 Å². The summed E-state index contributed by atoms with van der Waals surface area (Å²) in [6.07, 6.45) is 1.04. The molecule has 2 atom stereocenters. The van der Waals surface area contributed by atoms with Crippen LogP contribution in [0.1, 0.15) is 51.4 Å². The van der Waals surface area contributed by atoms with Crippen molar-refractivity contribution in [2.45, 2.75) is 51.7 Å². The summed E-state index contributed by atoms with van der Waals surface area (Å²) >= 11 is 0. The van der Waals surface area contributed by atoms with Crippen molar-refractivity contribution >= 4 is 16.9 Å². The Bertz CT molecular complexity index is 705. The first kappa shape index (κ1) is 16.0. The lowest BCUT2D eigenvalue weighted by atomic mass is 9.96. The third kappa shape index (κ3) is 2.98. The van der Waals surface area contributed by atoms with Crippen LogP contribution < -0.4 is 0 Å². The molecule has 1 aliphatic heterocycles. The number of fused-ring (bicyclic) bond motifs is 1. The number of likely N-dealkylation sites (tertiary alicyclic amines) is 1. The van der Waals surface area contributed by atoms with Crippen LogP contribution >= 0.6 is 0 Å². The van der Waals surface area contributed by atoms with Crippen molar-refractivity contribution in [3.05, 3.63) is 30.1 Å². The number of piperidine rings is 1. The number of carbonyl (C=O) groups excluding carboxylic acids is 1. The van der Waals surface area contributed by atoms with Gasteiger partial charge >= 0.3 is 0 Å². The maximum absolute atomic E-state index is 12.1. The molecule has 23 heavy (non-hydrogen) atoms. The van der Waals surface area contributed by atoms with E-state index in [9.17, 15) is 9.90 Å². The molecule has 124 valence electrons. The molecule has 0 aliphatic carbocycles. The summed E-state index contributed by atoms with van der Waals surface area (Å²) < 4.78 is 2.29. The average molecular weight is 315 g/mol. The van der Waals surface area contributed by atoms with Crippen LogP contribution in [0.3, 0.4) is 0 Å². The number of aliphatic hydroxyl groups excluding tert-OH is 1. The minimum atomic E-state index is -0.933. The van der Waals surface area contributed by atoms with Crippen molar-refractivity contribution in [1.29, 1.82) is 0 Å². The highest BCUT2D eigenvalue weighted by atomic mass is 16.3. The van der Waals surface area contributed by atoms with E-state index in [1.165, 1.54) is 6.92 Å². The van der Waals surface area contributed by atoms with E-state index in [4.69, 9.17) is 4.98 Å². The lowest BCUT2D eigenvalue weighted by Gasteiger charge is -2.33. The predicted octanol–water partition coefficient (Wildman–Crippen LogP) is 2.70. The van der Waals surface area contributed by atoms with E-state index in [0.29, 0.717) is 12.6 Å². The van der Waals surface area contributed by atoms with Gasteiger partial charge in [-0.2, -0.15) is 0 Å². The van der Waals surface area contributed by atoms with Gasteiger partial charge in [-0.1, -0.05) is 12.1 Å². The maximum Gasteiger partial charge on any atom is 0.251 e. The normalized spacial score (nSPS) is 20.2. The number of hydrogen-bond donors (Lipinski definition) is 1. The first-order chi connectivity index (χ1) is 11.0. The van der Waals surface area contributed by atoms with Crippen molar-refractivity contribution in [3.8, 4) is 0 Å². The molecule has 2 heterocycles. The van der Waals surface area contributed by atoms with Gasteiger partial charge < -0.3 is 14.6 Å². The molecule has 0 radical (unpaired) electrons. The number of benzene rings is 1. The Kier molecular flexibility index (Phi) is 4.39. The second-order valence-corrected chi connectivity index (χ2v) is 6.72. The van der Waals surface area contributed by atoms with Gasteiger partial charge in [0.15, 0.2) is 0 Å². The first-order valence-electron chi connectivity index (χ1n) is 8.42. The second-order valence-electron chi connectivity index (χ2n) is 6.72. The SMILES string of the molecule is CC(O)C(=O)N1CCCC(c2nc3ccccc3n2C(C)C)C1. The minimum absolute atomic E-state index is 0.179. The average Bonchev–Trinajstić information content (AvgIpc) is 2.93. The van der Waals surface area contributed by atoms with Crippen molar-refractivity contribution in [2.75, 3.05) is 13.1 Å².